The van der Waals surface area contributed by atoms with E-state index < -0.39 is 0 Å². The normalized spacial score (nSPS) is 16.9. The molecule has 2 aromatic carbocycles. The molecule has 0 radical (unpaired) electrons. The zero-order chi connectivity index (χ0) is 21.2. The van der Waals surface area contributed by atoms with Crippen LogP contribution in [0.5, 0.6) is 5.75 Å². The topological polar surface area (TPSA) is 60.0 Å². The summed E-state index contributed by atoms with van der Waals surface area (Å²) in [6.07, 6.45) is 0.275. The third-order valence-electron chi connectivity index (χ3n) is 5.00. The van der Waals surface area contributed by atoms with Crippen LogP contribution in [0.1, 0.15) is 35.3 Å². The van der Waals surface area contributed by atoms with Crippen LogP contribution in [0.2, 0.25) is 0 Å². The SMILES string of the molecule is CCOCCOc1ccccc1C(=O)NCc1cccc(CN2CCOC(C)C2)c1. The number of para-hydroxylation sites is 1. The Kier molecular flexibility index (Phi) is 8.68. The fraction of sp³-hybridized carbons (Fsp3) is 0.458. The van der Waals surface area contributed by atoms with Crippen molar-refractivity contribution < 1.29 is 19.0 Å². The van der Waals surface area contributed by atoms with E-state index in [2.05, 4.69) is 29.3 Å². The van der Waals surface area contributed by atoms with Crippen molar-refractivity contribution in [3.63, 3.8) is 0 Å². The molecule has 0 aromatic heterocycles. The minimum Gasteiger partial charge on any atom is -0.490 e. The number of nitrogens with zero attached hydrogens (tertiary/aromatic N) is 1. The van der Waals surface area contributed by atoms with Crippen LogP contribution < -0.4 is 10.1 Å². The number of rotatable bonds is 10. The molecule has 0 aliphatic carbocycles. The van der Waals surface area contributed by atoms with Crippen molar-refractivity contribution in [2.75, 3.05) is 39.5 Å². The summed E-state index contributed by atoms with van der Waals surface area (Å²) in [5.74, 6) is 0.430. The highest BCUT2D eigenvalue weighted by Crippen LogP contribution is 2.18. The largest absolute Gasteiger partial charge is 0.490 e. The van der Waals surface area contributed by atoms with E-state index >= 15 is 0 Å². The van der Waals surface area contributed by atoms with Crippen molar-refractivity contribution in [3.8, 4) is 5.75 Å². The summed E-state index contributed by atoms with van der Waals surface area (Å²) in [5, 5.41) is 3.01. The van der Waals surface area contributed by atoms with Gasteiger partial charge in [-0.1, -0.05) is 36.4 Å². The number of ether oxygens (including phenoxy) is 3. The smallest absolute Gasteiger partial charge is 0.255 e. The Morgan fingerprint density at radius 3 is 2.83 bits per heavy atom. The van der Waals surface area contributed by atoms with Crippen molar-refractivity contribution in [3.05, 3.63) is 65.2 Å². The minimum absolute atomic E-state index is 0.144. The van der Waals surface area contributed by atoms with E-state index in [1.54, 1.807) is 6.07 Å². The fourth-order valence-electron chi connectivity index (χ4n) is 3.54. The predicted octanol–water partition coefficient (Wildman–Crippen LogP) is 3.25. The Balaban J connectivity index is 1.55. The predicted molar refractivity (Wildman–Crippen MR) is 117 cm³/mol. The Bertz CT molecular complexity index is 811. The van der Waals surface area contributed by atoms with Gasteiger partial charge in [0.2, 0.25) is 0 Å². The van der Waals surface area contributed by atoms with Crippen molar-refractivity contribution >= 4 is 5.91 Å². The molecule has 1 saturated heterocycles. The first-order valence-corrected chi connectivity index (χ1v) is 10.6. The number of hydrogen-bond acceptors (Lipinski definition) is 5. The maximum atomic E-state index is 12.7. The van der Waals surface area contributed by atoms with Crippen molar-refractivity contribution in [2.24, 2.45) is 0 Å². The molecule has 1 heterocycles. The van der Waals surface area contributed by atoms with Gasteiger partial charge in [-0.25, -0.2) is 0 Å². The second kappa shape index (κ2) is 11.7. The quantitative estimate of drug-likeness (QED) is 0.607. The molecule has 2 aromatic rings. The Morgan fingerprint density at radius 1 is 1.17 bits per heavy atom. The first kappa shape index (κ1) is 22.3. The zero-order valence-electron chi connectivity index (χ0n) is 17.9. The summed E-state index contributed by atoms with van der Waals surface area (Å²) in [4.78, 5) is 15.1. The van der Waals surface area contributed by atoms with Crippen LogP contribution in [0.15, 0.2) is 48.5 Å². The van der Waals surface area contributed by atoms with E-state index in [1.165, 1.54) is 5.56 Å². The summed E-state index contributed by atoms with van der Waals surface area (Å²) >= 11 is 0. The highest BCUT2D eigenvalue weighted by Gasteiger charge is 2.17. The number of carbonyl (C=O) groups excluding carboxylic acids is 1. The lowest BCUT2D eigenvalue weighted by Gasteiger charge is -2.31. The molecule has 6 nitrogen and oxygen atoms in total. The number of hydrogen-bond donors (Lipinski definition) is 1. The monoisotopic (exact) mass is 412 g/mol. The fourth-order valence-corrected chi connectivity index (χ4v) is 3.54. The number of nitrogens with one attached hydrogen (secondary N) is 1. The molecule has 6 heteroatoms. The molecule has 1 aliphatic rings. The highest BCUT2D eigenvalue weighted by molar-refractivity contribution is 5.96. The van der Waals surface area contributed by atoms with Gasteiger partial charge in [-0.2, -0.15) is 0 Å². The van der Waals surface area contributed by atoms with Crippen LogP contribution in [0, 0.1) is 0 Å². The van der Waals surface area contributed by atoms with Crippen LogP contribution in [0.3, 0.4) is 0 Å². The minimum atomic E-state index is -0.144. The van der Waals surface area contributed by atoms with Crippen LogP contribution in [0.4, 0.5) is 0 Å². The maximum absolute atomic E-state index is 12.7. The number of carbonyl (C=O) groups is 1. The van der Waals surface area contributed by atoms with Gasteiger partial charge in [0.25, 0.3) is 5.91 Å². The number of benzene rings is 2. The van der Waals surface area contributed by atoms with E-state index in [9.17, 15) is 4.79 Å². The molecule has 1 aliphatic heterocycles. The second-order valence-electron chi connectivity index (χ2n) is 7.46. The summed E-state index contributed by atoms with van der Waals surface area (Å²) in [7, 11) is 0. The summed E-state index contributed by atoms with van der Waals surface area (Å²) in [5.41, 5.74) is 2.86. The third kappa shape index (κ3) is 6.83. The standard InChI is InChI=1S/C24H32N2O4/c1-3-28-13-14-30-23-10-5-4-9-22(23)24(27)25-16-20-7-6-8-21(15-20)18-26-11-12-29-19(2)17-26/h4-10,15,19H,3,11-14,16-18H2,1-2H3,(H,25,27). The van der Waals surface area contributed by atoms with Gasteiger partial charge in [0.15, 0.2) is 0 Å². The van der Waals surface area contributed by atoms with Crippen molar-refractivity contribution in [1.82, 2.24) is 10.2 Å². The molecule has 1 fully saturated rings. The molecule has 3 rings (SSSR count). The summed E-state index contributed by atoms with van der Waals surface area (Å²) in [6.45, 7) is 9.66. The lowest BCUT2D eigenvalue weighted by molar-refractivity contribution is -0.0212. The van der Waals surface area contributed by atoms with Crippen LogP contribution in [0.25, 0.3) is 0 Å². The number of amides is 1. The van der Waals surface area contributed by atoms with Gasteiger partial charge >= 0.3 is 0 Å². The van der Waals surface area contributed by atoms with Crippen molar-refractivity contribution in [2.45, 2.75) is 33.0 Å². The van der Waals surface area contributed by atoms with Gasteiger partial charge in [0, 0.05) is 32.8 Å². The second-order valence-corrected chi connectivity index (χ2v) is 7.46. The molecule has 1 amide bonds. The lowest BCUT2D eigenvalue weighted by atomic mass is 10.1. The molecule has 1 N–H and O–H groups in total. The average Bonchev–Trinajstić information content (AvgIpc) is 2.76. The molecule has 1 unspecified atom stereocenters. The zero-order valence-corrected chi connectivity index (χ0v) is 17.9. The third-order valence-corrected chi connectivity index (χ3v) is 5.00. The van der Waals surface area contributed by atoms with Crippen LogP contribution in [-0.2, 0) is 22.6 Å². The Labute approximate surface area is 179 Å². The van der Waals surface area contributed by atoms with Gasteiger partial charge in [0.1, 0.15) is 12.4 Å². The highest BCUT2D eigenvalue weighted by atomic mass is 16.5. The molecule has 30 heavy (non-hydrogen) atoms. The van der Waals surface area contributed by atoms with Gasteiger partial charge < -0.3 is 19.5 Å². The van der Waals surface area contributed by atoms with E-state index in [1.807, 2.05) is 37.3 Å². The molecular weight excluding hydrogens is 380 g/mol. The van der Waals surface area contributed by atoms with E-state index in [4.69, 9.17) is 14.2 Å². The average molecular weight is 413 g/mol. The van der Waals surface area contributed by atoms with E-state index in [-0.39, 0.29) is 12.0 Å². The van der Waals surface area contributed by atoms with Crippen LogP contribution in [-0.4, -0.2) is 56.4 Å². The summed E-state index contributed by atoms with van der Waals surface area (Å²) in [6, 6.07) is 15.7. The molecule has 1 atom stereocenters. The molecular formula is C24H32N2O4. The van der Waals surface area contributed by atoms with Gasteiger partial charge in [-0.05, 0) is 37.1 Å². The summed E-state index contributed by atoms with van der Waals surface area (Å²) < 4.78 is 16.6. The molecule has 0 bridgehead atoms. The van der Waals surface area contributed by atoms with E-state index in [0.29, 0.717) is 37.7 Å². The van der Waals surface area contributed by atoms with Gasteiger partial charge in [0.05, 0.1) is 24.9 Å². The molecule has 0 spiro atoms. The number of morpholine rings is 1. The molecule has 0 saturated carbocycles. The Hall–Kier alpha value is -2.41. The first-order valence-electron chi connectivity index (χ1n) is 10.6. The van der Waals surface area contributed by atoms with Crippen LogP contribution >= 0.6 is 0 Å². The maximum Gasteiger partial charge on any atom is 0.255 e. The van der Waals surface area contributed by atoms with Crippen molar-refractivity contribution in [1.29, 1.82) is 0 Å². The Morgan fingerprint density at radius 2 is 2.00 bits per heavy atom. The molecule has 162 valence electrons. The first-order chi connectivity index (χ1) is 14.7. The van der Waals surface area contributed by atoms with Gasteiger partial charge in [-0.3, -0.25) is 9.69 Å². The lowest BCUT2D eigenvalue weighted by Crippen LogP contribution is -2.40. The van der Waals surface area contributed by atoms with Gasteiger partial charge in [-0.15, -0.1) is 0 Å². The van der Waals surface area contributed by atoms with E-state index in [0.717, 1.165) is 31.8 Å².